The SMILES string of the molecule is COc1ccccc1C(Nc1nc(C)nc2scc(-c3ccccc3)c12)c1nccn1C. The van der Waals surface area contributed by atoms with Crippen LogP contribution in [0, 0.1) is 6.92 Å². The number of hydrogen-bond donors (Lipinski definition) is 1. The van der Waals surface area contributed by atoms with Crippen LogP contribution >= 0.6 is 11.3 Å². The number of nitrogens with zero attached hydrogens (tertiary/aromatic N) is 4. The first-order valence-electron chi connectivity index (χ1n) is 10.3. The summed E-state index contributed by atoms with van der Waals surface area (Å²) in [5.74, 6) is 3.17. The molecule has 1 atom stereocenters. The molecule has 0 saturated carbocycles. The Hall–Kier alpha value is -3.71. The minimum Gasteiger partial charge on any atom is -0.496 e. The molecule has 0 aliphatic carbocycles. The van der Waals surface area contributed by atoms with Crippen LogP contribution in [0.4, 0.5) is 5.82 Å². The van der Waals surface area contributed by atoms with E-state index in [1.165, 1.54) is 0 Å². The first-order chi connectivity index (χ1) is 15.7. The lowest BCUT2D eigenvalue weighted by molar-refractivity contribution is 0.408. The van der Waals surface area contributed by atoms with Crippen molar-refractivity contribution in [3.63, 3.8) is 0 Å². The number of rotatable bonds is 6. The lowest BCUT2D eigenvalue weighted by atomic mass is 10.0. The van der Waals surface area contributed by atoms with Gasteiger partial charge in [-0.25, -0.2) is 15.0 Å². The van der Waals surface area contributed by atoms with Crippen molar-refractivity contribution >= 4 is 27.4 Å². The molecule has 1 unspecified atom stereocenters. The third-order valence-electron chi connectivity index (χ3n) is 5.48. The van der Waals surface area contributed by atoms with Crippen LogP contribution in [0.5, 0.6) is 5.75 Å². The van der Waals surface area contributed by atoms with Gasteiger partial charge in [-0.3, -0.25) is 0 Å². The van der Waals surface area contributed by atoms with Crippen LogP contribution in [0.25, 0.3) is 21.3 Å². The highest BCUT2D eigenvalue weighted by Crippen LogP contribution is 2.39. The van der Waals surface area contributed by atoms with Crippen molar-refractivity contribution < 1.29 is 4.74 Å². The summed E-state index contributed by atoms with van der Waals surface area (Å²) in [5, 5.41) is 6.85. The van der Waals surface area contributed by atoms with Crippen LogP contribution in [0.2, 0.25) is 0 Å². The topological polar surface area (TPSA) is 64.9 Å². The van der Waals surface area contributed by atoms with E-state index in [-0.39, 0.29) is 6.04 Å². The minimum absolute atomic E-state index is 0.257. The van der Waals surface area contributed by atoms with Crippen LogP contribution in [-0.2, 0) is 7.05 Å². The first kappa shape index (κ1) is 20.2. The molecule has 6 nitrogen and oxygen atoms in total. The molecule has 0 saturated heterocycles. The smallest absolute Gasteiger partial charge is 0.139 e. The molecule has 3 aromatic heterocycles. The molecule has 1 N–H and O–H groups in total. The highest BCUT2D eigenvalue weighted by Gasteiger charge is 2.24. The number of nitrogens with one attached hydrogen (secondary N) is 1. The second-order valence-electron chi connectivity index (χ2n) is 7.53. The molecule has 2 aromatic carbocycles. The van der Waals surface area contributed by atoms with Crippen LogP contribution in [-0.4, -0.2) is 26.6 Å². The lowest BCUT2D eigenvalue weighted by Crippen LogP contribution is -2.18. The molecule has 0 radical (unpaired) electrons. The summed E-state index contributed by atoms with van der Waals surface area (Å²) in [6.45, 7) is 1.92. The van der Waals surface area contributed by atoms with Crippen LogP contribution in [0.1, 0.15) is 23.3 Å². The molecule has 0 aliphatic heterocycles. The fourth-order valence-corrected chi connectivity index (χ4v) is 4.95. The van der Waals surface area contributed by atoms with Crippen LogP contribution in [0.15, 0.2) is 72.4 Å². The van der Waals surface area contributed by atoms with Gasteiger partial charge >= 0.3 is 0 Å². The third kappa shape index (κ3) is 3.61. The zero-order chi connectivity index (χ0) is 22.1. The van der Waals surface area contributed by atoms with Crippen molar-refractivity contribution in [1.82, 2.24) is 19.5 Å². The van der Waals surface area contributed by atoms with Gasteiger partial charge in [0.15, 0.2) is 0 Å². The van der Waals surface area contributed by atoms with E-state index in [1.54, 1.807) is 24.6 Å². The number of aromatic nitrogens is 4. The van der Waals surface area contributed by atoms with Crippen molar-refractivity contribution in [3.05, 3.63) is 89.6 Å². The summed E-state index contributed by atoms with van der Waals surface area (Å²) in [6.07, 6.45) is 3.75. The summed E-state index contributed by atoms with van der Waals surface area (Å²) in [5.41, 5.74) is 3.25. The third-order valence-corrected chi connectivity index (χ3v) is 6.35. The summed E-state index contributed by atoms with van der Waals surface area (Å²) >= 11 is 1.63. The molecule has 5 rings (SSSR count). The number of methoxy groups -OCH3 is 1. The summed E-state index contributed by atoms with van der Waals surface area (Å²) in [6, 6.07) is 18.1. The second-order valence-corrected chi connectivity index (χ2v) is 8.39. The largest absolute Gasteiger partial charge is 0.496 e. The Morgan fingerprint density at radius 3 is 2.56 bits per heavy atom. The minimum atomic E-state index is -0.257. The van der Waals surface area contributed by atoms with Gasteiger partial charge in [0, 0.05) is 35.9 Å². The van der Waals surface area contributed by atoms with Crippen molar-refractivity contribution in [2.24, 2.45) is 7.05 Å². The Labute approximate surface area is 190 Å². The summed E-state index contributed by atoms with van der Waals surface area (Å²) in [4.78, 5) is 15.1. The number of fused-ring (bicyclic) bond motifs is 1. The van der Waals surface area contributed by atoms with Crippen molar-refractivity contribution in [1.29, 1.82) is 0 Å². The van der Waals surface area contributed by atoms with E-state index in [0.717, 1.165) is 50.1 Å². The second kappa shape index (κ2) is 8.43. The zero-order valence-corrected chi connectivity index (χ0v) is 18.9. The molecule has 5 aromatic rings. The number of para-hydroxylation sites is 1. The molecule has 0 bridgehead atoms. The van der Waals surface area contributed by atoms with Gasteiger partial charge in [0.25, 0.3) is 0 Å². The lowest BCUT2D eigenvalue weighted by Gasteiger charge is -2.22. The number of thiophene rings is 1. The maximum absolute atomic E-state index is 5.68. The standard InChI is InChI=1S/C25H23N5OS/c1-16-27-23(21-19(15-32-25(21)28-16)17-9-5-4-6-10-17)29-22(24-26-13-14-30(24)2)18-11-7-8-12-20(18)31-3/h4-15,22H,1-3H3,(H,27,28,29). The number of benzene rings is 2. The van der Waals surface area contributed by atoms with Gasteiger partial charge in [-0.05, 0) is 18.6 Å². The average Bonchev–Trinajstić information content (AvgIpc) is 3.44. The van der Waals surface area contributed by atoms with E-state index in [2.05, 4.69) is 33.9 Å². The molecule has 3 heterocycles. The Balaban J connectivity index is 1.70. The number of imidazole rings is 1. The molecule has 32 heavy (non-hydrogen) atoms. The fourth-order valence-electron chi connectivity index (χ4n) is 3.96. The van der Waals surface area contributed by atoms with Gasteiger partial charge in [0.05, 0.1) is 12.5 Å². The maximum Gasteiger partial charge on any atom is 0.139 e. The van der Waals surface area contributed by atoms with Crippen LogP contribution in [0.3, 0.4) is 0 Å². The van der Waals surface area contributed by atoms with Crippen molar-refractivity contribution in [3.8, 4) is 16.9 Å². The predicted molar refractivity (Wildman–Crippen MR) is 129 cm³/mol. The average molecular weight is 442 g/mol. The number of anilines is 1. The van der Waals surface area contributed by atoms with Crippen molar-refractivity contribution in [2.45, 2.75) is 13.0 Å². The number of aryl methyl sites for hydroxylation is 2. The Morgan fingerprint density at radius 1 is 1.03 bits per heavy atom. The number of ether oxygens (including phenoxy) is 1. The predicted octanol–water partition coefficient (Wildman–Crippen LogP) is 5.61. The zero-order valence-electron chi connectivity index (χ0n) is 18.1. The quantitative estimate of drug-likeness (QED) is 0.371. The number of hydrogen-bond acceptors (Lipinski definition) is 6. The van der Waals surface area contributed by atoms with Gasteiger partial charge in [0.1, 0.15) is 34.1 Å². The van der Waals surface area contributed by atoms with Gasteiger partial charge < -0.3 is 14.6 Å². The van der Waals surface area contributed by atoms with E-state index in [0.29, 0.717) is 0 Å². The van der Waals surface area contributed by atoms with E-state index >= 15 is 0 Å². The van der Waals surface area contributed by atoms with E-state index in [1.807, 2.05) is 61.1 Å². The molecular formula is C25H23N5OS. The first-order valence-corrected chi connectivity index (χ1v) is 11.2. The summed E-state index contributed by atoms with van der Waals surface area (Å²) in [7, 11) is 3.68. The molecule has 0 spiro atoms. The van der Waals surface area contributed by atoms with Crippen molar-refractivity contribution in [2.75, 3.05) is 12.4 Å². The molecule has 7 heteroatoms. The molecule has 0 aliphatic rings. The highest BCUT2D eigenvalue weighted by molar-refractivity contribution is 7.17. The molecule has 0 amide bonds. The van der Waals surface area contributed by atoms with Crippen LogP contribution < -0.4 is 10.1 Å². The van der Waals surface area contributed by atoms with E-state index in [9.17, 15) is 0 Å². The normalized spacial score (nSPS) is 12.1. The molecule has 160 valence electrons. The molecular weight excluding hydrogens is 418 g/mol. The Morgan fingerprint density at radius 2 is 1.81 bits per heavy atom. The van der Waals surface area contributed by atoms with Gasteiger partial charge in [-0.1, -0.05) is 48.5 Å². The highest BCUT2D eigenvalue weighted by atomic mass is 32.1. The maximum atomic E-state index is 5.68. The van der Waals surface area contributed by atoms with Gasteiger partial charge in [-0.15, -0.1) is 11.3 Å². The Kier molecular flexibility index (Phi) is 5.33. The molecule has 0 fully saturated rings. The monoisotopic (exact) mass is 441 g/mol. The summed E-state index contributed by atoms with van der Waals surface area (Å²) < 4.78 is 7.70. The van der Waals surface area contributed by atoms with E-state index in [4.69, 9.17) is 14.7 Å². The van der Waals surface area contributed by atoms with Gasteiger partial charge in [-0.2, -0.15) is 0 Å². The Bertz CT molecular complexity index is 1380. The van der Waals surface area contributed by atoms with Gasteiger partial charge in [0.2, 0.25) is 0 Å². The fraction of sp³-hybridized carbons (Fsp3) is 0.160. The van der Waals surface area contributed by atoms with E-state index < -0.39 is 0 Å².